The molecule has 1 amide bonds. The van der Waals surface area contributed by atoms with Crippen LogP contribution in [-0.4, -0.2) is 35.2 Å². The molecular formula is C21H26N2O6S. The number of aromatic nitrogens is 1. The quantitative estimate of drug-likeness (QED) is 0.494. The Morgan fingerprint density at radius 1 is 1.13 bits per heavy atom. The molecule has 0 fully saturated rings. The summed E-state index contributed by atoms with van der Waals surface area (Å²) in [6.07, 6.45) is -0.863. The second kappa shape index (κ2) is 10.7. The molecule has 30 heavy (non-hydrogen) atoms. The number of esters is 2. The summed E-state index contributed by atoms with van der Waals surface area (Å²) in [5, 5.41) is 4.53. The number of rotatable bonds is 8. The van der Waals surface area contributed by atoms with Gasteiger partial charge in [0.25, 0.3) is 0 Å². The van der Waals surface area contributed by atoms with E-state index in [9.17, 15) is 14.4 Å². The Labute approximate surface area is 179 Å². The molecule has 1 N–H and O–H groups in total. The zero-order valence-electron chi connectivity index (χ0n) is 17.5. The van der Waals surface area contributed by atoms with Crippen molar-refractivity contribution in [1.29, 1.82) is 0 Å². The molecule has 0 radical (unpaired) electrons. The molecule has 2 aromatic rings. The molecule has 0 aliphatic rings. The maximum Gasteiger partial charge on any atom is 0.408 e. The number of hydrogen-bond donors (Lipinski definition) is 1. The third-order valence-corrected chi connectivity index (χ3v) is 4.57. The van der Waals surface area contributed by atoms with Gasteiger partial charge in [0, 0.05) is 5.38 Å². The highest BCUT2D eigenvalue weighted by Gasteiger charge is 2.26. The second-order valence-corrected chi connectivity index (χ2v) is 8.23. The van der Waals surface area contributed by atoms with E-state index in [2.05, 4.69) is 10.3 Å². The Bertz CT molecular complexity index is 860. The number of nitrogens with zero attached hydrogens (tertiary/aromatic N) is 1. The van der Waals surface area contributed by atoms with Gasteiger partial charge in [-0.2, -0.15) is 0 Å². The summed E-state index contributed by atoms with van der Waals surface area (Å²) in [4.78, 5) is 40.7. The lowest BCUT2D eigenvalue weighted by atomic mass is 10.2. The molecule has 0 aliphatic carbocycles. The Balaban J connectivity index is 2.09. The van der Waals surface area contributed by atoms with Gasteiger partial charge in [-0.25, -0.2) is 14.6 Å². The molecule has 162 valence electrons. The zero-order valence-corrected chi connectivity index (χ0v) is 18.3. The first kappa shape index (κ1) is 23.3. The van der Waals surface area contributed by atoms with Gasteiger partial charge >= 0.3 is 18.0 Å². The number of nitrogens with one attached hydrogen (secondary N) is 1. The van der Waals surface area contributed by atoms with E-state index in [0.717, 1.165) is 16.9 Å². The van der Waals surface area contributed by atoms with Gasteiger partial charge in [0.05, 0.1) is 19.1 Å². The van der Waals surface area contributed by atoms with Crippen molar-refractivity contribution in [3.05, 3.63) is 52.0 Å². The smallest absolute Gasteiger partial charge is 0.408 e. The minimum Gasteiger partial charge on any atom is -0.461 e. The van der Waals surface area contributed by atoms with Crippen molar-refractivity contribution in [2.45, 2.75) is 52.4 Å². The van der Waals surface area contributed by atoms with Gasteiger partial charge in [0.2, 0.25) is 0 Å². The average molecular weight is 435 g/mol. The van der Waals surface area contributed by atoms with Crippen molar-refractivity contribution in [2.24, 2.45) is 0 Å². The van der Waals surface area contributed by atoms with Crippen LogP contribution in [0.25, 0.3) is 0 Å². The van der Waals surface area contributed by atoms with Crippen LogP contribution in [0.4, 0.5) is 4.79 Å². The fraction of sp³-hybridized carbons (Fsp3) is 0.429. The molecule has 0 unspecified atom stereocenters. The predicted molar refractivity (Wildman–Crippen MR) is 111 cm³/mol. The molecule has 0 saturated heterocycles. The van der Waals surface area contributed by atoms with Crippen LogP contribution < -0.4 is 5.32 Å². The van der Waals surface area contributed by atoms with E-state index in [0.29, 0.717) is 5.01 Å². The van der Waals surface area contributed by atoms with Gasteiger partial charge in [-0.05, 0) is 33.3 Å². The SMILES string of the molecule is CCOC(=O)c1csc([C@H](CC(=O)OCc2ccccc2)NC(=O)OC(C)(C)C)n1. The van der Waals surface area contributed by atoms with Crippen molar-refractivity contribution in [1.82, 2.24) is 10.3 Å². The van der Waals surface area contributed by atoms with Crippen molar-refractivity contribution in [3.8, 4) is 0 Å². The van der Waals surface area contributed by atoms with Crippen molar-refractivity contribution >= 4 is 29.4 Å². The highest BCUT2D eigenvalue weighted by molar-refractivity contribution is 7.09. The third kappa shape index (κ3) is 7.82. The van der Waals surface area contributed by atoms with Crippen molar-refractivity contribution < 1.29 is 28.6 Å². The monoisotopic (exact) mass is 434 g/mol. The minimum atomic E-state index is -0.809. The van der Waals surface area contributed by atoms with Crippen molar-refractivity contribution in [2.75, 3.05) is 6.61 Å². The maximum absolute atomic E-state index is 12.4. The van der Waals surface area contributed by atoms with Gasteiger partial charge in [0.15, 0.2) is 5.69 Å². The van der Waals surface area contributed by atoms with E-state index in [-0.39, 0.29) is 25.3 Å². The molecule has 8 nitrogen and oxygen atoms in total. The van der Waals surface area contributed by atoms with Gasteiger partial charge in [-0.3, -0.25) is 4.79 Å². The lowest BCUT2D eigenvalue weighted by Crippen LogP contribution is -2.36. The maximum atomic E-state index is 12.4. The normalized spacial score (nSPS) is 12.0. The summed E-state index contributed by atoms with van der Waals surface area (Å²) in [6.45, 7) is 7.23. The molecule has 1 atom stereocenters. The topological polar surface area (TPSA) is 104 Å². The highest BCUT2D eigenvalue weighted by atomic mass is 32.1. The van der Waals surface area contributed by atoms with Gasteiger partial charge in [-0.15, -0.1) is 11.3 Å². The molecule has 0 aliphatic heterocycles. The minimum absolute atomic E-state index is 0.116. The summed E-state index contributed by atoms with van der Waals surface area (Å²) in [6, 6.07) is 8.45. The number of benzene rings is 1. The molecule has 0 spiro atoms. The lowest BCUT2D eigenvalue weighted by molar-refractivity contribution is -0.145. The van der Waals surface area contributed by atoms with E-state index in [1.54, 1.807) is 27.7 Å². The van der Waals surface area contributed by atoms with Crippen LogP contribution >= 0.6 is 11.3 Å². The standard InChI is InChI=1S/C21H26N2O6S/c1-5-27-19(25)16-13-30-18(22-16)15(23-20(26)29-21(2,3)4)11-17(24)28-12-14-9-7-6-8-10-14/h6-10,13,15H,5,11-12H2,1-4H3,(H,23,26)/t15-/m0/s1. The first-order valence-electron chi connectivity index (χ1n) is 9.49. The number of amides is 1. The van der Waals surface area contributed by atoms with Crippen molar-refractivity contribution in [3.63, 3.8) is 0 Å². The molecule has 1 aromatic carbocycles. The van der Waals surface area contributed by atoms with Crippen LogP contribution in [0.3, 0.4) is 0 Å². The molecule has 9 heteroatoms. The Hall–Kier alpha value is -2.94. The zero-order chi connectivity index (χ0) is 22.1. The van der Waals surface area contributed by atoms with E-state index in [4.69, 9.17) is 14.2 Å². The number of hydrogen-bond acceptors (Lipinski definition) is 8. The van der Waals surface area contributed by atoms with Gasteiger partial charge < -0.3 is 19.5 Å². The fourth-order valence-electron chi connectivity index (χ4n) is 2.36. The molecule has 1 heterocycles. The first-order valence-corrected chi connectivity index (χ1v) is 10.4. The van der Waals surface area contributed by atoms with E-state index < -0.39 is 29.7 Å². The predicted octanol–water partition coefficient (Wildman–Crippen LogP) is 4.02. The Kier molecular flexibility index (Phi) is 8.35. The Morgan fingerprint density at radius 3 is 2.47 bits per heavy atom. The summed E-state index contributed by atoms with van der Waals surface area (Å²) < 4.78 is 15.5. The number of carbonyl (C=O) groups is 3. The third-order valence-electron chi connectivity index (χ3n) is 3.61. The average Bonchev–Trinajstić information content (AvgIpc) is 3.16. The number of thiazole rings is 1. The van der Waals surface area contributed by atoms with E-state index in [1.165, 1.54) is 5.38 Å². The summed E-state index contributed by atoms with van der Waals surface area (Å²) in [7, 11) is 0. The molecule has 1 aromatic heterocycles. The number of alkyl carbamates (subject to hydrolysis) is 1. The largest absolute Gasteiger partial charge is 0.461 e. The Morgan fingerprint density at radius 2 is 1.83 bits per heavy atom. The fourth-order valence-corrected chi connectivity index (χ4v) is 3.20. The van der Waals surface area contributed by atoms with Gasteiger partial charge in [0.1, 0.15) is 17.2 Å². The molecular weight excluding hydrogens is 408 g/mol. The first-order chi connectivity index (χ1) is 14.2. The summed E-state index contributed by atoms with van der Waals surface area (Å²) in [5.41, 5.74) is 0.258. The molecule has 0 bridgehead atoms. The second-order valence-electron chi connectivity index (χ2n) is 7.34. The number of carbonyl (C=O) groups excluding carboxylic acids is 3. The number of ether oxygens (including phenoxy) is 3. The van der Waals surface area contributed by atoms with Crippen LogP contribution in [0.5, 0.6) is 0 Å². The van der Waals surface area contributed by atoms with Crippen LogP contribution in [0.1, 0.15) is 61.2 Å². The lowest BCUT2D eigenvalue weighted by Gasteiger charge is -2.22. The molecule has 0 saturated carbocycles. The van der Waals surface area contributed by atoms with Crippen LogP contribution in [-0.2, 0) is 25.6 Å². The highest BCUT2D eigenvalue weighted by Crippen LogP contribution is 2.23. The van der Waals surface area contributed by atoms with Crippen LogP contribution in [0, 0.1) is 0 Å². The summed E-state index contributed by atoms with van der Waals surface area (Å²) >= 11 is 1.14. The van der Waals surface area contributed by atoms with Gasteiger partial charge in [-0.1, -0.05) is 30.3 Å². The molecule has 2 rings (SSSR count). The summed E-state index contributed by atoms with van der Waals surface area (Å²) in [5.74, 6) is -1.09. The van der Waals surface area contributed by atoms with E-state index >= 15 is 0 Å². The van der Waals surface area contributed by atoms with Crippen LogP contribution in [0.2, 0.25) is 0 Å². The van der Waals surface area contributed by atoms with E-state index in [1.807, 2.05) is 30.3 Å². The van der Waals surface area contributed by atoms with Crippen LogP contribution in [0.15, 0.2) is 35.7 Å².